The Balaban J connectivity index is 2.61. The Labute approximate surface area is 121 Å². The lowest BCUT2D eigenvalue weighted by Gasteiger charge is -2.21. The summed E-state index contributed by atoms with van der Waals surface area (Å²) in [5.74, 6) is -0.759. The lowest BCUT2D eigenvalue weighted by molar-refractivity contribution is 0.0526. The molecule has 1 aromatic heterocycles. The van der Waals surface area contributed by atoms with Gasteiger partial charge in [-0.25, -0.2) is 9.78 Å². The highest BCUT2D eigenvalue weighted by Gasteiger charge is 2.20. The summed E-state index contributed by atoms with van der Waals surface area (Å²) in [5.41, 5.74) is 0.255. The van der Waals surface area contributed by atoms with Gasteiger partial charge in [-0.1, -0.05) is 0 Å². The van der Waals surface area contributed by atoms with Gasteiger partial charge in [0.15, 0.2) is 0 Å². The fourth-order valence-electron chi connectivity index (χ4n) is 1.12. The molecule has 1 heterocycles. The van der Waals surface area contributed by atoms with Crippen molar-refractivity contribution in [1.82, 2.24) is 10.3 Å². The number of nitrogens with one attached hydrogen (secondary N) is 1. The summed E-state index contributed by atoms with van der Waals surface area (Å²) in [6, 6.07) is 0. The topological polar surface area (TPSA) is 68.3 Å². The summed E-state index contributed by atoms with van der Waals surface area (Å²) >= 11 is 2.79. The molecule has 1 rings (SSSR count). The molecule has 1 N–H and O–H groups in total. The van der Waals surface area contributed by atoms with E-state index in [4.69, 9.17) is 4.74 Å². The molecule has 0 atom stereocenters. The summed E-state index contributed by atoms with van der Waals surface area (Å²) in [4.78, 5) is 27.3. The number of aromatic nitrogens is 1. The van der Waals surface area contributed by atoms with Gasteiger partial charge in [-0.3, -0.25) is 4.79 Å². The van der Waals surface area contributed by atoms with Gasteiger partial charge in [-0.15, -0.1) is 11.3 Å². The second-order valence-electron chi connectivity index (χ2n) is 4.40. The normalized spacial score (nSPS) is 11.2. The van der Waals surface area contributed by atoms with E-state index in [1.54, 1.807) is 24.1 Å². The monoisotopic (exact) mass is 302 g/mol. The van der Waals surface area contributed by atoms with Gasteiger partial charge >= 0.3 is 5.97 Å². The molecular formula is C12H18N2O3S2. The van der Waals surface area contributed by atoms with Crippen molar-refractivity contribution in [3.8, 4) is 0 Å². The predicted molar refractivity (Wildman–Crippen MR) is 78.0 cm³/mol. The van der Waals surface area contributed by atoms with Crippen LogP contribution in [0.15, 0.2) is 5.38 Å². The van der Waals surface area contributed by atoms with Crippen molar-refractivity contribution >= 4 is 35.0 Å². The summed E-state index contributed by atoms with van der Waals surface area (Å²) in [5, 5.41) is 4.57. The Morgan fingerprint density at radius 2 is 2.21 bits per heavy atom. The first-order valence-corrected chi connectivity index (χ1v) is 7.96. The maximum atomic E-state index is 11.9. The quantitative estimate of drug-likeness (QED) is 0.816. The van der Waals surface area contributed by atoms with E-state index in [1.807, 2.05) is 20.1 Å². The molecule has 0 aliphatic carbocycles. The smallest absolute Gasteiger partial charge is 0.367 e. The minimum Gasteiger partial charge on any atom is -0.461 e. The average molecular weight is 302 g/mol. The molecule has 19 heavy (non-hydrogen) atoms. The number of hydrogen-bond acceptors (Lipinski definition) is 6. The molecule has 0 unspecified atom stereocenters. The molecule has 0 spiro atoms. The molecule has 0 bridgehead atoms. The van der Waals surface area contributed by atoms with E-state index in [2.05, 4.69) is 10.3 Å². The van der Waals surface area contributed by atoms with E-state index in [0.717, 1.165) is 11.3 Å². The van der Waals surface area contributed by atoms with E-state index in [0.29, 0.717) is 13.2 Å². The van der Waals surface area contributed by atoms with E-state index in [-0.39, 0.29) is 21.4 Å². The number of thiazole rings is 1. The van der Waals surface area contributed by atoms with Crippen LogP contribution < -0.4 is 5.32 Å². The number of hydrogen-bond donors (Lipinski definition) is 1. The Morgan fingerprint density at radius 3 is 2.79 bits per heavy atom. The van der Waals surface area contributed by atoms with Crippen LogP contribution in [0.3, 0.4) is 0 Å². The number of esters is 1. The zero-order chi connectivity index (χ0) is 14.5. The highest BCUT2D eigenvalue weighted by molar-refractivity contribution is 7.99. The van der Waals surface area contributed by atoms with Crippen LogP contribution in [0.25, 0.3) is 0 Å². The lowest BCUT2D eigenvalue weighted by atomic mass is 10.2. The fraction of sp³-hybridized carbons (Fsp3) is 0.583. The van der Waals surface area contributed by atoms with E-state index in [1.165, 1.54) is 0 Å². The van der Waals surface area contributed by atoms with Crippen molar-refractivity contribution < 1.29 is 14.3 Å². The summed E-state index contributed by atoms with van der Waals surface area (Å²) in [7, 11) is 0. The molecule has 0 aromatic carbocycles. The first kappa shape index (κ1) is 16.0. The summed E-state index contributed by atoms with van der Waals surface area (Å²) in [6.45, 7) is 6.65. The second kappa shape index (κ2) is 6.91. The third kappa shape index (κ3) is 4.83. The van der Waals surface area contributed by atoms with Crippen LogP contribution in [0.5, 0.6) is 0 Å². The van der Waals surface area contributed by atoms with Crippen LogP contribution >= 0.6 is 23.1 Å². The largest absolute Gasteiger partial charge is 0.461 e. The molecule has 7 heteroatoms. The van der Waals surface area contributed by atoms with Gasteiger partial charge in [0, 0.05) is 16.7 Å². The van der Waals surface area contributed by atoms with Crippen molar-refractivity contribution in [3.05, 3.63) is 16.1 Å². The van der Waals surface area contributed by atoms with Gasteiger partial charge in [0.25, 0.3) is 5.91 Å². The van der Waals surface area contributed by atoms with Gasteiger partial charge in [0.05, 0.1) is 6.61 Å². The molecule has 0 aliphatic rings. The number of amides is 1. The van der Waals surface area contributed by atoms with Crippen LogP contribution in [0.2, 0.25) is 0 Å². The number of thioether (sulfide) groups is 1. The Kier molecular flexibility index (Phi) is 5.81. The maximum absolute atomic E-state index is 11.9. The standard InChI is InChI=1S/C12H18N2O3S2/c1-5-17-11(16)10-14-8(6-19-10)9(15)13-7-12(2,3)18-4/h6H,5,7H2,1-4H3,(H,13,15). The Bertz CT molecular complexity index is 458. The number of nitrogens with zero attached hydrogens (tertiary/aromatic N) is 1. The number of ether oxygens (including phenoxy) is 1. The van der Waals surface area contributed by atoms with Gasteiger partial charge in [-0.05, 0) is 27.0 Å². The highest BCUT2D eigenvalue weighted by atomic mass is 32.2. The van der Waals surface area contributed by atoms with Gasteiger partial charge in [0.1, 0.15) is 5.69 Å². The highest BCUT2D eigenvalue weighted by Crippen LogP contribution is 2.19. The molecule has 0 radical (unpaired) electrons. The predicted octanol–water partition coefficient (Wildman–Crippen LogP) is 2.19. The second-order valence-corrected chi connectivity index (χ2v) is 6.78. The van der Waals surface area contributed by atoms with Crippen molar-refractivity contribution in [3.63, 3.8) is 0 Å². The maximum Gasteiger partial charge on any atom is 0.367 e. The van der Waals surface area contributed by atoms with E-state index < -0.39 is 5.97 Å². The molecule has 0 aliphatic heterocycles. The van der Waals surface area contributed by atoms with E-state index in [9.17, 15) is 9.59 Å². The molecule has 1 aromatic rings. The van der Waals surface area contributed by atoms with Crippen molar-refractivity contribution in [2.24, 2.45) is 0 Å². The first-order chi connectivity index (χ1) is 8.89. The molecule has 106 valence electrons. The molecule has 0 fully saturated rings. The van der Waals surface area contributed by atoms with Crippen LogP contribution in [-0.2, 0) is 4.74 Å². The molecule has 0 saturated carbocycles. The minimum absolute atomic E-state index is 0.0321. The van der Waals surface area contributed by atoms with Crippen LogP contribution in [0.1, 0.15) is 41.1 Å². The lowest BCUT2D eigenvalue weighted by Crippen LogP contribution is -2.36. The Hall–Kier alpha value is -1.08. The van der Waals surface area contributed by atoms with Crippen molar-refractivity contribution in [2.45, 2.75) is 25.5 Å². The average Bonchev–Trinajstić information content (AvgIpc) is 2.86. The van der Waals surface area contributed by atoms with Crippen LogP contribution in [-0.4, -0.2) is 41.0 Å². The van der Waals surface area contributed by atoms with Crippen molar-refractivity contribution in [2.75, 3.05) is 19.4 Å². The first-order valence-electron chi connectivity index (χ1n) is 5.85. The van der Waals surface area contributed by atoms with Gasteiger partial charge in [0.2, 0.25) is 5.01 Å². The SMILES string of the molecule is CCOC(=O)c1nc(C(=O)NCC(C)(C)SC)cs1. The molecule has 0 saturated heterocycles. The third-order valence-electron chi connectivity index (χ3n) is 2.41. The van der Waals surface area contributed by atoms with Crippen molar-refractivity contribution in [1.29, 1.82) is 0 Å². The molecule has 5 nitrogen and oxygen atoms in total. The molecular weight excluding hydrogens is 284 g/mol. The van der Waals surface area contributed by atoms with Gasteiger partial charge < -0.3 is 10.1 Å². The fourth-order valence-corrected chi connectivity index (χ4v) is 2.03. The third-order valence-corrected chi connectivity index (χ3v) is 4.49. The summed E-state index contributed by atoms with van der Waals surface area (Å²) in [6.07, 6.45) is 1.99. The van der Waals surface area contributed by atoms with Crippen LogP contribution in [0, 0.1) is 0 Å². The number of carbonyl (C=O) groups excluding carboxylic acids is 2. The number of rotatable bonds is 6. The zero-order valence-electron chi connectivity index (χ0n) is 11.5. The Morgan fingerprint density at radius 1 is 1.53 bits per heavy atom. The zero-order valence-corrected chi connectivity index (χ0v) is 13.1. The number of carbonyl (C=O) groups is 2. The minimum atomic E-state index is -0.490. The van der Waals surface area contributed by atoms with E-state index >= 15 is 0 Å². The molecule has 1 amide bonds. The van der Waals surface area contributed by atoms with Gasteiger partial charge in [-0.2, -0.15) is 11.8 Å². The van der Waals surface area contributed by atoms with Crippen LogP contribution in [0.4, 0.5) is 0 Å². The summed E-state index contributed by atoms with van der Waals surface area (Å²) < 4.78 is 4.79.